The van der Waals surface area contributed by atoms with Crippen LogP contribution in [0.1, 0.15) is 80.4 Å². The number of pyridine rings is 1. The van der Waals surface area contributed by atoms with Gasteiger partial charge in [0.1, 0.15) is 17.7 Å². The Bertz CT molecular complexity index is 1550. The highest BCUT2D eigenvalue weighted by atomic mass is 16.5. The molecular formula is C31H38N6O2. The van der Waals surface area contributed by atoms with Crippen molar-refractivity contribution in [3.63, 3.8) is 0 Å². The lowest BCUT2D eigenvalue weighted by atomic mass is 9.62. The zero-order chi connectivity index (χ0) is 26.6. The molecule has 7 rings (SSSR count). The highest BCUT2D eigenvalue weighted by Gasteiger charge is 2.50. The van der Waals surface area contributed by atoms with Crippen LogP contribution in [0.25, 0.3) is 16.6 Å². The molecule has 0 unspecified atom stereocenters. The molecule has 4 heterocycles. The Labute approximate surface area is 229 Å². The standard InChI is InChI=1S/C31H38N6O2/c1-3-39-25-16-31(17-25,30-34-32-20-35(30)2)22-8-7-9-24(14-22)37-19-27(21-10-11-21)26-15-23(33-28(26)29(37)38)18-36-12-5-4-6-13-36/h7-9,14-15,19-21,25,33H,3-6,10-13,16-18H2,1-2H3. The smallest absolute Gasteiger partial charge is 0.279 e. The Kier molecular flexibility index (Phi) is 6.20. The van der Waals surface area contributed by atoms with Gasteiger partial charge in [0.25, 0.3) is 5.56 Å². The Balaban J connectivity index is 1.29. The van der Waals surface area contributed by atoms with Crippen LogP contribution in [0.3, 0.4) is 0 Å². The molecule has 8 heteroatoms. The summed E-state index contributed by atoms with van der Waals surface area (Å²) < 4.78 is 9.84. The largest absolute Gasteiger partial charge is 0.378 e. The van der Waals surface area contributed by atoms with Crippen molar-refractivity contribution in [2.75, 3.05) is 19.7 Å². The zero-order valence-electron chi connectivity index (χ0n) is 23.0. The lowest BCUT2D eigenvalue weighted by Gasteiger charge is -2.46. The van der Waals surface area contributed by atoms with Gasteiger partial charge in [-0.1, -0.05) is 18.6 Å². The number of rotatable bonds is 8. The molecule has 204 valence electrons. The van der Waals surface area contributed by atoms with E-state index in [1.54, 1.807) is 6.33 Å². The van der Waals surface area contributed by atoms with Crippen molar-refractivity contribution in [2.45, 2.75) is 75.9 Å². The van der Waals surface area contributed by atoms with E-state index >= 15 is 0 Å². The van der Waals surface area contributed by atoms with Crippen molar-refractivity contribution in [1.29, 1.82) is 0 Å². The number of ether oxygens (including phenoxy) is 1. The summed E-state index contributed by atoms with van der Waals surface area (Å²) in [5.41, 5.74) is 4.97. The Morgan fingerprint density at radius 2 is 1.95 bits per heavy atom. The molecule has 0 atom stereocenters. The molecule has 39 heavy (non-hydrogen) atoms. The van der Waals surface area contributed by atoms with Crippen LogP contribution in [-0.4, -0.2) is 55.0 Å². The average molecular weight is 527 g/mol. The molecule has 8 nitrogen and oxygen atoms in total. The van der Waals surface area contributed by atoms with Gasteiger partial charge in [-0.05, 0) is 93.8 Å². The monoisotopic (exact) mass is 526 g/mol. The summed E-state index contributed by atoms with van der Waals surface area (Å²) in [6.07, 6.45) is 12.0. The first kappa shape index (κ1) is 24.8. The fourth-order valence-corrected chi connectivity index (χ4v) is 6.94. The van der Waals surface area contributed by atoms with Gasteiger partial charge in [0.15, 0.2) is 0 Å². The van der Waals surface area contributed by atoms with Gasteiger partial charge in [0.2, 0.25) is 0 Å². The second-order valence-electron chi connectivity index (χ2n) is 11.8. The maximum Gasteiger partial charge on any atom is 0.279 e. The third-order valence-corrected chi connectivity index (χ3v) is 9.12. The number of benzene rings is 1. The highest BCUT2D eigenvalue weighted by molar-refractivity contribution is 5.84. The number of nitrogens with one attached hydrogen (secondary N) is 1. The average Bonchev–Trinajstić information content (AvgIpc) is 3.54. The molecule has 0 spiro atoms. The van der Waals surface area contributed by atoms with E-state index in [0.29, 0.717) is 12.5 Å². The maximum atomic E-state index is 14.0. The summed E-state index contributed by atoms with van der Waals surface area (Å²) in [4.78, 5) is 20.0. The third-order valence-electron chi connectivity index (χ3n) is 9.12. The summed E-state index contributed by atoms with van der Waals surface area (Å²) in [5.74, 6) is 1.48. The quantitative estimate of drug-likeness (QED) is 0.357. The topological polar surface area (TPSA) is 81.0 Å². The van der Waals surface area contributed by atoms with E-state index in [1.807, 2.05) is 29.2 Å². The first-order chi connectivity index (χ1) is 19.1. The lowest BCUT2D eigenvalue weighted by molar-refractivity contribution is -0.0312. The lowest BCUT2D eigenvalue weighted by Crippen LogP contribution is -2.48. The first-order valence-corrected chi connectivity index (χ1v) is 14.6. The number of aryl methyl sites for hydroxylation is 1. The first-order valence-electron chi connectivity index (χ1n) is 14.6. The van der Waals surface area contributed by atoms with Crippen molar-refractivity contribution in [3.8, 4) is 5.69 Å². The number of hydrogen-bond acceptors (Lipinski definition) is 5. The molecule has 1 aliphatic heterocycles. The van der Waals surface area contributed by atoms with E-state index in [9.17, 15) is 4.79 Å². The molecule has 3 aliphatic rings. The van der Waals surface area contributed by atoms with Crippen LogP contribution >= 0.6 is 0 Å². The van der Waals surface area contributed by atoms with Crippen LogP contribution in [0.2, 0.25) is 0 Å². The molecule has 2 aliphatic carbocycles. The number of nitrogens with zero attached hydrogens (tertiary/aromatic N) is 5. The van der Waals surface area contributed by atoms with Gasteiger partial charge < -0.3 is 14.3 Å². The van der Waals surface area contributed by atoms with E-state index in [0.717, 1.165) is 66.1 Å². The SMILES string of the molecule is CCOC1CC(c2cccc(-n3cc(C4CC4)c4cc(CN5CCCCC5)[nH]c4c3=O)c2)(c2nncn2C)C1. The summed E-state index contributed by atoms with van der Waals surface area (Å²) in [6, 6.07) is 10.7. The molecular weight excluding hydrogens is 488 g/mol. The molecule has 1 aromatic carbocycles. The Morgan fingerprint density at radius 1 is 1.13 bits per heavy atom. The van der Waals surface area contributed by atoms with E-state index in [2.05, 4.69) is 50.5 Å². The predicted octanol–water partition coefficient (Wildman–Crippen LogP) is 4.80. The van der Waals surface area contributed by atoms with Gasteiger partial charge in [-0.25, -0.2) is 0 Å². The molecule has 4 aromatic rings. The molecule has 3 aromatic heterocycles. The van der Waals surface area contributed by atoms with E-state index in [1.165, 1.54) is 37.7 Å². The van der Waals surface area contributed by atoms with Crippen molar-refractivity contribution >= 4 is 10.9 Å². The van der Waals surface area contributed by atoms with E-state index in [4.69, 9.17) is 4.74 Å². The fraction of sp³-hybridized carbons (Fsp3) is 0.516. The van der Waals surface area contributed by atoms with Crippen molar-refractivity contribution in [1.82, 2.24) is 29.2 Å². The highest BCUT2D eigenvalue weighted by Crippen LogP contribution is 2.50. The summed E-state index contributed by atoms with van der Waals surface area (Å²) >= 11 is 0. The number of fused-ring (bicyclic) bond motifs is 1. The van der Waals surface area contributed by atoms with Gasteiger partial charge in [-0.2, -0.15) is 0 Å². The van der Waals surface area contributed by atoms with E-state index < -0.39 is 0 Å². The maximum absolute atomic E-state index is 14.0. The number of aromatic amines is 1. The predicted molar refractivity (Wildman–Crippen MR) is 151 cm³/mol. The second-order valence-corrected chi connectivity index (χ2v) is 11.8. The van der Waals surface area contributed by atoms with Gasteiger partial charge in [-0.15, -0.1) is 10.2 Å². The second kappa shape index (κ2) is 9.75. The molecule has 1 saturated heterocycles. The third kappa shape index (κ3) is 4.34. The fourth-order valence-electron chi connectivity index (χ4n) is 6.94. The molecule has 3 fully saturated rings. The number of H-pyrrole nitrogens is 1. The van der Waals surface area contributed by atoms with Gasteiger partial charge in [0, 0.05) is 43.2 Å². The van der Waals surface area contributed by atoms with Crippen LogP contribution < -0.4 is 5.56 Å². The van der Waals surface area contributed by atoms with Crippen molar-refractivity contribution < 1.29 is 4.74 Å². The van der Waals surface area contributed by atoms with Crippen molar-refractivity contribution in [2.24, 2.45) is 7.05 Å². The van der Waals surface area contributed by atoms with Crippen LogP contribution in [0.5, 0.6) is 0 Å². The molecule has 0 amide bonds. The van der Waals surface area contributed by atoms with Crippen LogP contribution in [0.15, 0.2) is 47.7 Å². The molecule has 0 radical (unpaired) electrons. The van der Waals surface area contributed by atoms with Gasteiger partial charge in [-0.3, -0.25) is 14.3 Å². The minimum Gasteiger partial charge on any atom is -0.378 e. The van der Waals surface area contributed by atoms with Crippen molar-refractivity contribution in [3.05, 3.63) is 75.9 Å². The van der Waals surface area contributed by atoms with Gasteiger partial charge in [0.05, 0.1) is 11.5 Å². The summed E-state index contributed by atoms with van der Waals surface area (Å²) in [7, 11) is 2.00. The molecule has 2 saturated carbocycles. The van der Waals surface area contributed by atoms with E-state index in [-0.39, 0.29) is 17.1 Å². The zero-order valence-corrected chi connectivity index (χ0v) is 23.0. The van der Waals surface area contributed by atoms with Crippen LogP contribution in [-0.2, 0) is 23.7 Å². The summed E-state index contributed by atoms with van der Waals surface area (Å²) in [6.45, 7) is 5.91. The number of likely N-dealkylation sites (tertiary alicyclic amines) is 1. The van der Waals surface area contributed by atoms with Crippen LogP contribution in [0.4, 0.5) is 0 Å². The molecule has 1 N–H and O–H groups in total. The summed E-state index contributed by atoms with van der Waals surface area (Å²) in [5, 5.41) is 9.81. The van der Waals surface area contributed by atoms with Gasteiger partial charge >= 0.3 is 0 Å². The minimum absolute atomic E-state index is 0.0185. The van der Waals surface area contributed by atoms with Crippen LogP contribution in [0, 0.1) is 0 Å². The minimum atomic E-state index is -0.276. The number of aromatic nitrogens is 5. The number of piperidine rings is 1. The normalized spacial score (nSPS) is 23.8. The molecule has 0 bridgehead atoms. The Hall–Kier alpha value is -3.23. The Morgan fingerprint density at radius 3 is 2.67 bits per heavy atom. The number of hydrogen-bond donors (Lipinski definition) is 1.